The Hall–Kier alpha value is -1.57. The first-order chi connectivity index (χ1) is 9.04. The number of aromatic carboxylic acids is 1. The quantitative estimate of drug-likeness (QED) is 0.850. The molecule has 6 nitrogen and oxygen atoms in total. The zero-order valence-corrected chi connectivity index (χ0v) is 10.8. The molecule has 1 spiro atoms. The number of fused-ring (bicyclic) bond motifs is 1. The lowest BCUT2D eigenvalue weighted by molar-refractivity contribution is -0.119. The Bertz CT molecular complexity index is 574. The average molecular weight is 285 g/mol. The number of carboxylic acid groups (broad SMARTS) is 1. The number of nitrogens with zero attached hydrogens (tertiary/aromatic N) is 2. The molecular formula is C11H12FN3O3S. The number of rotatable bonds is 2. The minimum absolute atomic E-state index is 0.000810. The smallest absolute Gasteiger partial charge is 0.356 e. The summed E-state index contributed by atoms with van der Waals surface area (Å²) in [6.45, 7) is 0. The van der Waals surface area contributed by atoms with E-state index in [0.717, 1.165) is 4.09 Å². The number of carbonyl (C=O) groups is 2. The molecule has 1 amide bonds. The summed E-state index contributed by atoms with van der Waals surface area (Å²) in [6, 6.07) is 0. The van der Waals surface area contributed by atoms with Gasteiger partial charge in [0.1, 0.15) is 0 Å². The summed E-state index contributed by atoms with van der Waals surface area (Å²) in [5.74, 6) is -1.14. The Kier molecular flexibility index (Phi) is 2.77. The van der Waals surface area contributed by atoms with Crippen LogP contribution in [0.4, 0.5) is 3.89 Å². The van der Waals surface area contributed by atoms with Crippen LogP contribution in [0.3, 0.4) is 0 Å². The Morgan fingerprint density at radius 1 is 1.47 bits per heavy atom. The Labute approximate surface area is 112 Å². The van der Waals surface area contributed by atoms with Crippen molar-refractivity contribution in [2.24, 2.45) is 0 Å². The van der Waals surface area contributed by atoms with Gasteiger partial charge in [-0.05, 0) is 19.3 Å². The number of nitrogens with one attached hydrogen (secondary N) is 1. The molecule has 1 aromatic rings. The number of halogens is 1. The number of carboxylic acids is 1. The molecule has 1 aliphatic carbocycles. The van der Waals surface area contributed by atoms with Crippen LogP contribution in [0.15, 0.2) is 0 Å². The topological polar surface area (TPSA) is 84.2 Å². The monoisotopic (exact) mass is 285 g/mol. The number of carbonyl (C=O) groups excluding carboxylic acids is 1. The molecule has 1 aliphatic heterocycles. The van der Waals surface area contributed by atoms with Gasteiger partial charge in [-0.25, -0.2) is 4.79 Å². The number of amides is 1. The average Bonchev–Trinajstić information content (AvgIpc) is 2.91. The molecule has 1 unspecified atom stereocenters. The van der Waals surface area contributed by atoms with Gasteiger partial charge in [-0.3, -0.25) is 4.79 Å². The van der Waals surface area contributed by atoms with Crippen molar-refractivity contribution in [3.63, 3.8) is 0 Å². The highest BCUT2D eigenvalue weighted by atomic mass is 32.2. The highest BCUT2D eigenvalue weighted by Gasteiger charge is 2.43. The van der Waals surface area contributed by atoms with Gasteiger partial charge in [0, 0.05) is 23.9 Å². The van der Waals surface area contributed by atoms with Crippen molar-refractivity contribution < 1.29 is 18.6 Å². The van der Waals surface area contributed by atoms with Gasteiger partial charge in [-0.1, -0.05) is 0 Å². The van der Waals surface area contributed by atoms with Crippen LogP contribution in [0.2, 0.25) is 0 Å². The fourth-order valence-electron chi connectivity index (χ4n) is 3.00. The van der Waals surface area contributed by atoms with Crippen molar-refractivity contribution in [2.45, 2.75) is 37.6 Å². The molecule has 0 saturated carbocycles. The van der Waals surface area contributed by atoms with Crippen LogP contribution >= 0.6 is 12.3 Å². The summed E-state index contributed by atoms with van der Waals surface area (Å²) in [4.78, 5) is 22.5. The summed E-state index contributed by atoms with van der Waals surface area (Å²) in [6.07, 6.45) is 2.78. The lowest BCUT2D eigenvalue weighted by Crippen LogP contribution is -2.46. The third kappa shape index (κ3) is 1.90. The Morgan fingerprint density at radius 2 is 2.21 bits per heavy atom. The van der Waals surface area contributed by atoms with E-state index in [1.165, 1.54) is 0 Å². The summed E-state index contributed by atoms with van der Waals surface area (Å²) in [5, 5.41) is 15.8. The standard InChI is InChI=1S/C11H12FN3O3S/c12-19-15-7-5-11(4-2-8(16)13-11)3-1-6(7)9(14-15)10(17)18/h1-5H2,(H,13,16)(H,17,18). The Morgan fingerprint density at radius 3 is 2.79 bits per heavy atom. The highest BCUT2D eigenvalue weighted by Crippen LogP contribution is 2.37. The predicted octanol–water partition coefficient (Wildman–Crippen LogP) is 1.10. The molecular weight excluding hydrogens is 273 g/mol. The number of aromatic nitrogens is 2. The summed E-state index contributed by atoms with van der Waals surface area (Å²) in [5.41, 5.74) is 0.718. The van der Waals surface area contributed by atoms with Crippen molar-refractivity contribution in [3.05, 3.63) is 17.0 Å². The second kappa shape index (κ2) is 4.22. The molecule has 1 aromatic heterocycles. The number of hydrogen-bond donors (Lipinski definition) is 2. The van der Waals surface area contributed by atoms with E-state index in [4.69, 9.17) is 5.11 Å². The fraction of sp³-hybridized carbons (Fsp3) is 0.545. The van der Waals surface area contributed by atoms with E-state index in [1.807, 2.05) is 0 Å². The van der Waals surface area contributed by atoms with Crippen molar-refractivity contribution in [1.29, 1.82) is 0 Å². The van der Waals surface area contributed by atoms with Crippen molar-refractivity contribution in [3.8, 4) is 0 Å². The third-order valence-electron chi connectivity index (χ3n) is 3.92. The zero-order valence-electron chi connectivity index (χ0n) is 9.98. The lowest BCUT2D eigenvalue weighted by atomic mass is 9.79. The van der Waals surface area contributed by atoms with E-state index in [2.05, 4.69) is 10.4 Å². The minimum atomic E-state index is -1.14. The highest BCUT2D eigenvalue weighted by molar-refractivity contribution is 7.92. The molecule has 8 heteroatoms. The van der Waals surface area contributed by atoms with Gasteiger partial charge < -0.3 is 10.4 Å². The molecule has 102 valence electrons. The largest absolute Gasteiger partial charge is 0.476 e. The second-order valence-electron chi connectivity index (χ2n) is 5.03. The van der Waals surface area contributed by atoms with Gasteiger partial charge in [0.2, 0.25) is 5.91 Å². The summed E-state index contributed by atoms with van der Waals surface area (Å²) < 4.78 is 13.9. The summed E-state index contributed by atoms with van der Waals surface area (Å²) in [7, 11) is 0. The first-order valence-electron chi connectivity index (χ1n) is 5.99. The van der Waals surface area contributed by atoms with Gasteiger partial charge in [-0.15, -0.1) is 3.89 Å². The van der Waals surface area contributed by atoms with Crippen molar-refractivity contribution >= 4 is 24.2 Å². The number of hydrogen-bond acceptors (Lipinski definition) is 4. The SMILES string of the molecule is O=C1CCC2(CCc3c(C(=O)O)nn(SF)c3C2)N1. The molecule has 0 bridgehead atoms. The molecule has 19 heavy (non-hydrogen) atoms. The molecule has 2 N–H and O–H groups in total. The molecule has 3 rings (SSSR count). The van der Waals surface area contributed by atoms with Crippen LogP contribution in [-0.4, -0.2) is 31.7 Å². The molecule has 2 aliphatic rings. The maximum Gasteiger partial charge on any atom is 0.356 e. The molecule has 2 heterocycles. The predicted molar refractivity (Wildman–Crippen MR) is 65.4 cm³/mol. The van der Waals surface area contributed by atoms with Gasteiger partial charge in [-0.2, -0.15) is 9.19 Å². The van der Waals surface area contributed by atoms with Crippen LogP contribution in [-0.2, 0) is 17.6 Å². The van der Waals surface area contributed by atoms with E-state index in [9.17, 15) is 13.5 Å². The van der Waals surface area contributed by atoms with Gasteiger partial charge in [0.15, 0.2) is 18.0 Å². The molecule has 0 aromatic carbocycles. The maximum absolute atomic E-state index is 12.9. The van der Waals surface area contributed by atoms with Crippen LogP contribution in [0.5, 0.6) is 0 Å². The van der Waals surface area contributed by atoms with Crippen molar-refractivity contribution in [1.82, 2.24) is 14.5 Å². The maximum atomic E-state index is 12.9. The van der Waals surface area contributed by atoms with Gasteiger partial charge >= 0.3 is 5.97 Å². The van der Waals surface area contributed by atoms with E-state index in [-0.39, 0.29) is 29.5 Å². The minimum Gasteiger partial charge on any atom is -0.476 e. The first kappa shape index (κ1) is 12.5. The first-order valence-corrected chi connectivity index (χ1v) is 6.66. The third-order valence-corrected chi connectivity index (χ3v) is 4.35. The molecule has 1 fully saturated rings. The molecule has 1 saturated heterocycles. The fourth-order valence-corrected chi connectivity index (χ4v) is 3.37. The summed E-state index contributed by atoms with van der Waals surface area (Å²) >= 11 is -0.106. The Balaban J connectivity index is 2.00. The molecule has 1 atom stereocenters. The van der Waals surface area contributed by atoms with E-state index in [1.54, 1.807) is 0 Å². The second-order valence-corrected chi connectivity index (χ2v) is 5.51. The van der Waals surface area contributed by atoms with E-state index in [0.29, 0.717) is 43.4 Å². The van der Waals surface area contributed by atoms with E-state index < -0.39 is 5.97 Å². The lowest BCUT2D eigenvalue weighted by Gasteiger charge is -2.33. The van der Waals surface area contributed by atoms with E-state index >= 15 is 0 Å². The normalized spacial score (nSPS) is 25.4. The van der Waals surface area contributed by atoms with Gasteiger partial charge in [0.05, 0.1) is 5.69 Å². The van der Waals surface area contributed by atoms with Crippen LogP contribution in [0.25, 0.3) is 0 Å². The van der Waals surface area contributed by atoms with Crippen molar-refractivity contribution in [2.75, 3.05) is 0 Å². The molecule has 0 radical (unpaired) electrons. The van der Waals surface area contributed by atoms with Crippen LogP contribution in [0.1, 0.15) is 41.0 Å². The zero-order chi connectivity index (χ0) is 13.6. The van der Waals surface area contributed by atoms with Gasteiger partial charge in [0.25, 0.3) is 0 Å². The van der Waals surface area contributed by atoms with Crippen LogP contribution < -0.4 is 5.32 Å². The van der Waals surface area contributed by atoms with Crippen LogP contribution in [0, 0.1) is 0 Å².